The molecule has 4 aromatic carbocycles. The summed E-state index contributed by atoms with van der Waals surface area (Å²) in [5.74, 6) is -0.741. The molecule has 0 bridgehead atoms. The summed E-state index contributed by atoms with van der Waals surface area (Å²) >= 11 is 26.1. The maximum atomic E-state index is 12.3. The first-order chi connectivity index (χ1) is 18.0. The molecule has 12 heteroatoms. The van der Waals surface area contributed by atoms with E-state index in [2.05, 4.69) is 0 Å². The number of ether oxygens (including phenoxy) is 1. The van der Waals surface area contributed by atoms with Crippen molar-refractivity contribution in [3.8, 4) is 0 Å². The number of hydrogen-bond acceptors (Lipinski definition) is 5. The van der Waals surface area contributed by atoms with Crippen LogP contribution in [0.25, 0.3) is 10.8 Å². The minimum Gasteiger partial charge on any atom is -0.463 e. The molecule has 0 heterocycles. The number of fused-ring (bicyclic) bond motifs is 1. The number of alkyl halides is 3. The maximum Gasteiger partial charge on any atom is 0.347 e. The Hall–Kier alpha value is -2.29. The Morgan fingerprint density at radius 1 is 0.872 bits per heavy atom. The molecule has 208 valence electrons. The Labute approximate surface area is 256 Å². The zero-order chi connectivity index (χ0) is 28.3. The van der Waals surface area contributed by atoms with Gasteiger partial charge in [0, 0.05) is 16.1 Å². The van der Waals surface area contributed by atoms with E-state index in [0.717, 1.165) is 5.39 Å². The van der Waals surface area contributed by atoms with Gasteiger partial charge >= 0.3 is 5.97 Å². The summed E-state index contributed by atoms with van der Waals surface area (Å²) in [6.07, 6.45) is 0. The van der Waals surface area contributed by atoms with Crippen LogP contribution in [-0.4, -0.2) is 26.9 Å². The van der Waals surface area contributed by atoms with Gasteiger partial charge < -0.3 is 9.84 Å². The van der Waals surface area contributed by atoms with Gasteiger partial charge in [0.1, 0.15) is 0 Å². The average molecular weight is 654 g/mol. The molecule has 0 amide bonds. The third kappa shape index (κ3) is 10.00. The standard InChI is InChI=1S/C16H14Cl2O3.C10H7NO2.CHCl3.ClH/c1-2-21-15(19)16(20,11-3-7-13(17)8-4-11)12-5-9-14(18)10-6-12;12-11(13)10-7-3-5-8-4-1-2-6-9(8)10;2-1(3)4;/h3-10,20H,2H2,1H3;1-7H;1H;1H. The monoisotopic (exact) mass is 651 g/mol. The lowest BCUT2D eigenvalue weighted by molar-refractivity contribution is -0.383. The highest BCUT2D eigenvalue weighted by molar-refractivity contribution is 6.63. The summed E-state index contributed by atoms with van der Waals surface area (Å²) in [6, 6.07) is 25.2. The van der Waals surface area contributed by atoms with Crippen LogP contribution in [0.2, 0.25) is 10.0 Å². The Morgan fingerprint density at radius 2 is 1.31 bits per heavy atom. The number of benzene rings is 4. The fourth-order valence-electron chi connectivity index (χ4n) is 3.39. The van der Waals surface area contributed by atoms with Crippen molar-refractivity contribution in [2.45, 2.75) is 16.8 Å². The van der Waals surface area contributed by atoms with E-state index in [1.54, 1.807) is 73.7 Å². The molecule has 0 aliphatic carbocycles. The van der Waals surface area contributed by atoms with Gasteiger partial charge in [-0.15, -0.1) is 12.4 Å². The van der Waals surface area contributed by atoms with Gasteiger partial charge in [-0.2, -0.15) is 0 Å². The van der Waals surface area contributed by atoms with Gasteiger partial charge in [-0.05, 0) is 53.8 Å². The van der Waals surface area contributed by atoms with Gasteiger partial charge in [-0.1, -0.05) is 113 Å². The molecule has 0 saturated heterocycles. The van der Waals surface area contributed by atoms with Crippen LogP contribution in [0.4, 0.5) is 5.69 Å². The first-order valence-corrected chi connectivity index (χ1v) is 13.0. The highest BCUT2D eigenvalue weighted by atomic mass is 35.6. The van der Waals surface area contributed by atoms with Crippen LogP contribution in [-0.2, 0) is 15.1 Å². The van der Waals surface area contributed by atoms with Crippen LogP contribution in [0.3, 0.4) is 0 Å². The summed E-state index contributed by atoms with van der Waals surface area (Å²) in [7, 11) is 0. The normalized spacial score (nSPS) is 10.4. The molecule has 1 N–H and O–H groups in total. The van der Waals surface area contributed by atoms with Crippen LogP contribution in [0, 0.1) is 10.1 Å². The lowest BCUT2D eigenvalue weighted by Crippen LogP contribution is -2.38. The zero-order valence-corrected chi connectivity index (χ0v) is 24.9. The summed E-state index contributed by atoms with van der Waals surface area (Å²) in [5, 5.41) is 24.2. The number of aliphatic hydroxyl groups is 1. The first kappa shape index (κ1) is 34.7. The summed E-state index contributed by atoms with van der Waals surface area (Å²) in [6.45, 7) is 1.85. The second kappa shape index (κ2) is 16.7. The molecule has 4 rings (SSSR count). The molecule has 0 aliphatic heterocycles. The maximum absolute atomic E-state index is 12.3. The van der Waals surface area contributed by atoms with Crippen molar-refractivity contribution in [1.82, 2.24) is 0 Å². The Bertz CT molecular complexity index is 1300. The highest BCUT2D eigenvalue weighted by Gasteiger charge is 2.41. The Balaban J connectivity index is 0.000000360. The molecular weight excluding hydrogens is 631 g/mol. The number of rotatable bonds is 5. The average Bonchev–Trinajstić information content (AvgIpc) is 2.89. The first-order valence-electron chi connectivity index (χ1n) is 11.0. The fraction of sp³-hybridized carbons (Fsp3) is 0.148. The van der Waals surface area contributed by atoms with Gasteiger partial charge in [0.05, 0.1) is 16.9 Å². The van der Waals surface area contributed by atoms with Crippen molar-refractivity contribution >= 4 is 92.8 Å². The van der Waals surface area contributed by atoms with E-state index in [1.165, 1.54) is 6.07 Å². The Kier molecular flexibility index (Phi) is 14.9. The van der Waals surface area contributed by atoms with Crippen molar-refractivity contribution in [3.05, 3.63) is 122 Å². The SMILES string of the molecule is CCOC(=O)C(O)(c1ccc(Cl)cc1)c1ccc(Cl)cc1.Cl.ClC(Cl)Cl.O=[N+]([O-])c1cccc2ccccc12. The molecular formula is C27H23Cl6NO5. The third-order valence-electron chi connectivity index (χ3n) is 5.06. The number of esters is 1. The Morgan fingerprint density at radius 3 is 1.74 bits per heavy atom. The number of halogens is 6. The summed E-state index contributed by atoms with van der Waals surface area (Å²) in [4.78, 5) is 22.6. The van der Waals surface area contributed by atoms with E-state index in [1.807, 2.05) is 18.2 Å². The molecule has 0 radical (unpaired) electrons. The third-order valence-corrected chi connectivity index (χ3v) is 5.56. The number of non-ortho nitro benzene ring substituents is 1. The van der Waals surface area contributed by atoms with E-state index in [4.69, 9.17) is 62.7 Å². The van der Waals surface area contributed by atoms with Crippen molar-refractivity contribution in [2.75, 3.05) is 6.61 Å². The molecule has 0 spiro atoms. The second-order valence-electron chi connectivity index (χ2n) is 7.45. The van der Waals surface area contributed by atoms with Gasteiger partial charge in [-0.3, -0.25) is 10.1 Å². The molecule has 0 atom stereocenters. The predicted octanol–water partition coefficient (Wildman–Crippen LogP) is 8.95. The van der Waals surface area contributed by atoms with Crippen molar-refractivity contribution in [2.24, 2.45) is 0 Å². The number of carbonyl (C=O) groups is 1. The van der Waals surface area contributed by atoms with Crippen LogP contribution in [0.5, 0.6) is 0 Å². The van der Waals surface area contributed by atoms with E-state index in [-0.39, 0.29) is 29.6 Å². The van der Waals surface area contributed by atoms with E-state index in [9.17, 15) is 20.0 Å². The largest absolute Gasteiger partial charge is 0.463 e. The summed E-state index contributed by atoms with van der Waals surface area (Å²) in [5.41, 5.74) is -0.969. The van der Waals surface area contributed by atoms with Crippen LogP contribution >= 0.6 is 70.4 Å². The molecule has 0 saturated carbocycles. The number of nitro groups is 1. The van der Waals surface area contributed by atoms with Crippen LogP contribution in [0.15, 0.2) is 91.0 Å². The van der Waals surface area contributed by atoms with Gasteiger partial charge in [-0.25, -0.2) is 4.79 Å². The lowest BCUT2D eigenvalue weighted by Gasteiger charge is -2.27. The molecule has 0 fully saturated rings. The number of nitro benzene ring substituents is 1. The molecule has 0 aliphatic rings. The van der Waals surface area contributed by atoms with Gasteiger partial charge in [0.2, 0.25) is 5.60 Å². The van der Waals surface area contributed by atoms with E-state index < -0.39 is 15.9 Å². The van der Waals surface area contributed by atoms with Gasteiger partial charge in [0.25, 0.3) is 5.69 Å². The van der Waals surface area contributed by atoms with Crippen molar-refractivity contribution < 1.29 is 19.6 Å². The van der Waals surface area contributed by atoms with Crippen LogP contribution in [0.1, 0.15) is 18.1 Å². The number of nitrogens with zero attached hydrogens (tertiary/aromatic N) is 1. The molecule has 39 heavy (non-hydrogen) atoms. The molecule has 0 aromatic heterocycles. The van der Waals surface area contributed by atoms with E-state index >= 15 is 0 Å². The van der Waals surface area contributed by atoms with Crippen molar-refractivity contribution in [3.63, 3.8) is 0 Å². The minimum absolute atomic E-state index is 0. The van der Waals surface area contributed by atoms with E-state index in [0.29, 0.717) is 26.6 Å². The molecule has 0 unspecified atom stereocenters. The minimum atomic E-state index is -1.90. The fourth-order valence-corrected chi connectivity index (χ4v) is 3.64. The van der Waals surface area contributed by atoms with Gasteiger partial charge in [0.15, 0.2) is 4.30 Å². The number of carbonyl (C=O) groups excluding carboxylic acids is 1. The molecule has 6 nitrogen and oxygen atoms in total. The number of hydrogen-bond donors (Lipinski definition) is 1. The quantitative estimate of drug-likeness (QED) is 0.101. The predicted molar refractivity (Wildman–Crippen MR) is 162 cm³/mol. The zero-order valence-electron chi connectivity index (χ0n) is 20.3. The molecule has 4 aromatic rings. The smallest absolute Gasteiger partial charge is 0.347 e. The highest BCUT2D eigenvalue weighted by Crippen LogP contribution is 2.32. The lowest BCUT2D eigenvalue weighted by atomic mass is 9.86. The topological polar surface area (TPSA) is 89.7 Å². The second-order valence-corrected chi connectivity index (χ2v) is 10.3. The summed E-state index contributed by atoms with van der Waals surface area (Å²) < 4.78 is 4.27. The van der Waals surface area contributed by atoms with Crippen LogP contribution < -0.4 is 0 Å². The van der Waals surface area contributed by atoms with Crippen molar-refractivity contribution in [1.29, 1.82) is 0 Å².